The van der Waals surface area contributed by atoms with Crippen LogP contribution in [0.5, 0.6) is 0 Å². The summed E-state index contributed by atoms with van der Waals surface area (Å²) in [7, 11) is 0. The minimum Gasteiger partial charge on any atom is -0.474 e. The Kier molecular flexibility index (Phi) is 1.97. The highest BCUT2D eigenvalue weighted by atomic mass is 16.5. The minimum absolute atomic E-state index is 0.192. The van der Waals surface area contributed by atoms with Gasteiger partial charge in [0.1, 0.15) is 0 Å². The molecule has 0 amide bonds. The van der Waals surface area contributed by atoms with Gasteiger partial charge in [-0.1, -0.05) is 5.16 Å². The lowest BCUT2D eigenvalue weighted by Crippen LogP contribution is -2.09. The summed E-state index contributed by atoms with van der Waals surface area (Å²) in [5.41, 5.74) is 0. The van der Waals surface area contributed by atoms with Crippen molar-refractivity contribution in [2.24, 2.45) is 0 Å². The summed E-state index contributed by atoms with van der Waals surface area (Å²) in [6.07, 6.45) is 0.929. The lowest BCUT2D eigenvalue weighted by atomic mass is 10.1. The number of hydrogen-bond donors (Lipinski definition) is 2. The Balaban J connectivity index is 2.16. The summed E-state index contributed by atoms with van der Waals surface area (Å²) in [6.45, 7) is 1.71. The average molecular weight is 183 g/mol. The Labute approximate surface area is 73.9 Å². The largest absolute Gasteiger partial charge is 0.474 e. The van der Waals surface area contributed by atoms with Crippen LogP contribution in [0.3, 0.4) is 0 Å². The van der Waals surface area contributed by atoms with Crippen LogP contribution in [0.4, 0.5) is 0 Å². The second-order valence-electron chi connectivity index (χ2n) is 2.95. The van der Waals surface area contributed by atoms with Crippen molar-refractivity contribution in [1.82, 2.24) is 15.5 Å². The third-order valence-electron chi connectivity index (χ3n) is 2.05. The van der Waals surface area contributed by atoms with Crippen LogP contribution >= 0.6 is 0 Å². The summed E-state index contributed by atoms with van der Waals surface area (Å²) < 4.78 is 4.55. The van der Waals surface area contributed by atoms with Gasteiger partial charge in [0.15, 0.2) is 5.82 Å². The third-order valence-corrected chi connectivity index (χ3v) is 2.05. The maximum Gasteiger partial charge on any atom is 0.394 e. The van der Waals surface area contributed by atoms with Crippen LogP contribution in [-0.2, 0) is 0 Å². The molecule has 0 bridgehead atoms. The first-order valence-electron chi connectivity index (χ1n) is 4.05. The Hall–Kier alpha value is -1.43. The number of carboxylic acids is 1. The zero-order valence-corrected chi connectivity index (χ0v) is 6.86. The molecule has 0 spiro atoms. The Morgan fingerprint density at radius 1 is 1.69 bits per heavy atom. The van der Waals surface area contributed by atoms with Crippen LogP contribution in [0.1, 0.15) is 28.8 Å². The molecule has 1 aromatic rings. The van der Waals surface area contributed by atoms with Gasteiger partial charge in [0.05, 0.1) is 0 Å². The molecule has 1 atom stereocenters. The number of carbonyl (C=O) groups is 1. The number of carboxylic acid groups (broad SMARTS) is 1. The van der Waals surface area contributed by atoms with E-state index < -0.39 is 5.97 Å². The molecule has 2 rings (SSSR count). The smallest absolute Gasteiger partial charge is 0.394 e. The van der Waals surface area contributed by atoms with E-state index in [9.17, 15) is 4.79 Å². The molecule has 70 valence electrons. The molecule has 0 aromatic carbocycles. The molecule has 1 saturated heterocycles. The molecular formula is C7H9N3O3. The van der Waals surface area contributed by atoms with Gasteiger partial charge in [0.25, 0.3) is 0 Å². The van der Waals surface area contributed by atoms with Gasteiger partial charge >= 0.3 is 11.9 Å². The van der Waals surface area contributed by atoms with Gasteiger partial charge in [0, 0.05) is 12.5 Å². The average Bonchev–Trinajstić information content (AvgIpc) is 2.75. The highest BCUT2D eigenvalue weighted by molar-refractivity contribution is 5.81. The van der Waals surface area contributed by atoms with Crippen molar-refractivity contribution in [1.29, 1.82) is 0 Å². The van der Waals surface area contributed by atoms with Crippen LogP contribution in [-0.4, -0.2) is 34.3 Å². The molecule has 1 aliphatic rings. The standard InChI is InChI=1S/C7H9N3O3/c11-7(12)6-9-5(10-13-6)4-1-2-8-3-4/h4,8H,1-3H2,(H,11,12). The monoisotopic (exact) mass is 183 g/mol. The van der Waals surface area contributed by atoms with E-state index in [4.69, 9.17) is 5.11 Å². The molecule has 6 nitrogen and oxygen atoms in total. The van der Waals surface area contributed by atoms with Crippen molar-refractivity contribution in [3.63, 3.8) is 0 Å². The van der Waals surface area contributed by atoms with Gasteiger partial charge in [-0.2, -0.15) is 4.98 Å². The van der Waals surface area contributed by atoms with Crippen LogP contribution in [0.25, 0.3) is 0 Å². The van der Waals surface area contributed by atoms with E-state index in [0.29, 0.717) is 5.82 Å². The maximum atomic E-state index is 10.4. The van der Waals surface area contributed by atoms with Gasteiger partial charge in [-0.15, -0.1) is 0 Å². The van der Waals surface area contributed by atoms with Crippen LogP contribution in [0.15, 0.2) is 4.52 Å². The quantitative estimate of drug-likeness (QED) is 0.662. The minimum atomic E-state index is -1.18. The van der Waals surface area contributed by atoms with Gasteiger partial charge in [-0.05, 0) is 13.0 Å². The number of nitrogens with zero attached hydrogens (tertiary/aromatic N) is 2. The van der Waals surface area contributed by atoms with Crippen molar-refractivity contribution >= 4 is 5.97 Å². The summed E-state index contributed by atoms with van der Waals surface area (Å²) in [6, 6.07) is 0. The lowest BCUT2D eigenvalue weighted by molar-refractivity contribution is 0.0643. The SMILES string of the molecule is O=C(O)c1nc(C2CCNC2)no1. The third kappa shape index (κ3) is 1.52. The fourth-order valence-electron chi connectivity index (χ4n) is 1.36. The van der Waals surface area contributed by atoms with Crippen molar-refractivity contribution in [3.8, 4) is 0 Å². The molecule has 13 heavy (non-hydrogen) atoms. The number of rotatable bonds is 2. The number of aromatic carboxylic acids is 1. The zero-order valence-electron chi connectivity index (χ0n) is 6.86. The summed E-state index contributed by atoms with van der Waals surface area (Å²) >= 11 is 0. The molecule has 0 saturated carbocycles. The summed E-state index contributed by atoms with van der Waals surface area (Å²) in [5.74, 6) is -0.828. The molecule has 0 aliphatic carbocycles. The summed E-state index contributed by atoms with van der Waals surface area (Å²) in [5, 5.41) is 15.3. The van der Waals surface area contributed by atoms with Crippen molar-refractivity contribution in [2.75, 3.05) is 13.1 Å². The topological polar surface area (TPSA) is 88.2 Å². The number of nitrogens with one attached hydrogen (secondary N) is 1. The number of aromatic nitrogens is 2. The lowest BCUT2D eigenvalue weighted by Gasteiger charge is -1.98. The van der Waals surface area contributed by atoms with Crippen LogP contribution < -0.4 is 5.32 Å². The van der Waals surface area contributed by atoms with E-state index in [1.807, 2.05) is 0 Å². The predicted molar refractivity (Wildman–Crippen MR) is 41.5 cm³/mol. The first kappa shape index (κ1) is 8.18. The molecule has 1 unspecified atom stereocenters. The Morgan fingerprint density at radius 2 is 2.54 bits per heavy atom. The van der Waals surface area contributed by atoms with Gasteiger partial charge in [-0.3, -0.25) is 0 Å². The Morgan fingerprint density at radius 3 is 3.08 bits per heavy atom. The van der Waals surface area contributed by atoms with Crippen molar-refractivity contribution in [2.45, 2.75) is 12.3 Å². The maximum absolute atomic E-state index is 10.4. The highest BCUT2D eigenvalue weighted by Gasteiger charge is 2.23. The van der Waals surface area contributed by atoms with E-state index in [2.05, 4.69) is 20.0 Å². The molecule has 0 radical (unpaired) electrons. The number of hydrogen-bond acceptors (Lipinski definition) is 5. The molecule has 2 heterocycles. The van der Waals surface area contributed by atoms with Crippen LogP contribution in [0, 0.1) is 0 Å². The second-order valence-corrected chi connectivity index (χ2v) is 2.95. The van der Waals surface area contributed by atoms with Crippen molar-refractivity contribution in [3.05, 3.63) is 11.7 Å². The Bertz CT molecular complexity index is 317. The molecule has 1 fully saturated rings. The summed E-state index contributed by atoms with van der Waals surface area (Å²) in [4.78, 5) is 14.2. The van der Waals surface area contributed by atoms with Gasteiger partial charge in [0.2, 0.25) is 0 Å². The van der Waals surface area contributed by atoms with E-state index >= 15 is 0 Å². The first-order valence-corrected chi connectivity index (χ1v) is 4.05. The van der Waals surface area contributed by atoms with E-state index in [1.165, 1.54) is 0 Å². The van der Waals surface area contributed by atoms with Crippen molar-refractivity contribution < 1.29 is 14.4 Å². The van der Waals surface area contributed by atoms with E-state index in [-0.39, 0.29) is 11.8 Å². The molecule has 2 N–H and O–H groups in total. The molecule has 6 heteroatoms. The first-order chi connectivity index (χ1) is 6.27. The second kappa shape index (κ2) is 3.14. The zero-order chi connectivity index (χ0) is 9.26. The van der Waals surface area contributed by atoms with Gasteiger partial charge in [-0.25, -0.2) is 4.79 Å². The van der Waals surface area contributed by atoms with Crippen LogP contribution in [0.2, 0.25) is 0 Å². The molecular weight excluding hydrogens is 174 g/mol. The normalized spacial score (nSPS) is 22.0. The fourth-order valence-corrected chi connectivity index (χ4v) is 1.36. The highest BCUT2D eigenvalue weighted by Crippen LogP contribution is 2.18. The van der Waals surface area contributed by atoms with E-state index in [1.54, 1.807) is 0 Å². The molecule has 1 aliphatic heterocycles. The van der Waals surface area contributed by atoms with Gasteiger partial charge < -0.3 is 14.9 Å². The predicted octanol–water partition coefficient (Wildman–Crippen LogP) is -0.155. The van der Waals surface area contributed by atoms with E-state index in [0.717, 1.165) is 19.5 Å². The molecule has 1 aromatic heterocycles. The fraction of sp³-hybridized carbons (Fsp3) is 0.571.